The number of ether oxygens (including phenoxy) is 1. The molecule has 0 bridgehead atoms. The number of hydrogen-bond donors (Lipinski definition) is 0. The van der Waals surface area contributed by atoms with Crippen LogP contribution in [0.3, 0.4) is 0 Å². The van der Waals surface area contributed by atoms with E-state index in [-0.39, 0.29) is 5.97 Å². The molecule has 2 aromatic carbocycles. The minimum Gasteiger partial charge on any atom is -0.435 e. The molecule has 4 nitrogen and oxygen atoms in total. The third kappa shape index (κ3) is 23.1. The Morgan fingerprint density at radius 3 is 1.41 bits per heavy atom. The number of hydrogen-bond acceptors (Lipinski definition) is 4. The Labute approximate surface area is 177 Å². The van der Waals surface area contributed by atoms with Gasteiger partial charge in [-0.25, -0.2) is 0 Å². The van der Waals surface area contributed by atoms with E-state index in [1.165, 1.54) is 26.6 Å². The maximum Gasteiger partial charge on any atom is 0.307 e. The van der Waals surface area contributed by atoms with Gasteiger partial charge < -0.3 is 9.62 Å². The number of benzene rings is 2. The van der Waals surface area contributed by atoms with Crippen molar-refractivity contribution in [3.63, 3.8) is 0 Å². The average molecular weight is 403 g/mol. The molecule has 0 amide bonds. The van der Waals surface area contributed by atoms with Crippen LogP contribution >= 0.6 is 0 Å². The van der Waals surface area contributed by atoms with Crippen LogP contribution < -0.4 is 0 Å². The normalized spacial score (nSPS) is 8.69. The summed E-state index contributed by atoms with van der Waals surface area (Å²) in [5, 5.41) is 0. The fourth-order valence-corrected chi connectivity index (χ4v) is 1.50. The van der Waals surface area contributed by atoms with Crippen LogP contribution in [0.5, 0.6) is 0 Å². The van der Waals surface area contributed by atoms with E-state index < -0.39 is 0 Å². The third-order valence-electron chi connectivity index (χ3n) is 2.51. The molecule has 0 aliphatic rings. The van der Waals surface area contributed by atoms with Gasteiger partial charge >= 0.3 is 5.97 Å². The first-order valence-electron chi connectivity index (χ1n) is 10.0. The predicted molar refractivity (Wildman–Crippen MR) is 125 cm³/mol. The van der Waals surface area contributed by atoms with Crippen LogP contribution in [0.25, 0.3) is 12.2 Å². The maximum atomic E-state index is 10.4. The number of carbonyl (C=O) groups excluding carboxylic acids is 1. The Morgan fingerprint density at radius 1 is 0.690 bits per heavy atom. The van der Waals surface area contributed by atoms with Crippen molar-refractivity contribution < 1.29 is 19.3 Å². The molecule has 0 radical (unpaired) electrons. The summed E-state index contributed by atoms with van der Waals surface area (Å²) >= 11 is 0. The van der Waals surface area contributed by atoms with Crippen LogP contribution in [0.2, 0.25) is 0 Å². The van der Waals surface area contributed by atoms with Crippen LogP contribution in [-0.4, -0.2) is 13.1 Å². The van der Waals surface area contributed by atoms with E-state index in [1.54, 1.807) is 6.08 Å². The van der Waals surface area contributed by atoms with Gasteiger partial charge in [-0.15, -0.1) is 0 Å². The number of rotatable bonds is 5. The summed E-state index contributed by atoms with van der Waals surface area (Å²) < 4.78 is 4.63. The Morgan fingerprint density at radius 2 is 1.07 bits per heavy atom. The first kappa shape index (κ1) is 30.9. The van der Waals surface area contributed by atoms with Crippen LogP contribution in [0, 0.1) is 0 Å². The standard InChI is InChI=1S/C10H10O2.C9H10O2.3C2H6/c1-9(11)12-8-7-10-5-3-2-4-6-10;1-10-11-8-7-9-5-3-2-4-6-9;3*1-2/h2-8H,1H3;2-8H,1H3;3*1-2H3/b;8-7-;;;. The summed E-state index contributed by atoms with van der Waals surface area (Å²) in [5.41, 5.74) is 2.10. The van der Waals surface area contributed by atoms with Gasteiger partial charge in [0.25, 0.3) is 0 Å². The Kier molecular flexibility index (Phi) is 29.1. The summed E-state index contributed by atoms with van der Waals surface area (Å²) in [6.45, 7) is 13.4. The van der Waals surface area contributed by atoms with E-state index in [2.05, 4.69) is 14.5 Å². The van der Waals surface area contributed by atoms with E-state index in [9.17, 15) is 4.79 Å². The molecule has 0 aliphatic carbocycles. The summed E-state index contributed by atoms with van der Waals surface area (Å²) in [4.78, 5) is 19.3. The minimum atomic E-state index is -0.304. The molecule has 0 heterocycles. The van der Waals surface area contributed by atoms with Gasteiger partial charge in [-0.05, 0) is 23.3 Å². The van der Waals surface area contributed by atoms with Crippen molar-refractivity contribution in [3.05, 3.63) is 84.3 Å². The smallest absolute Gasteiger partial charge is 0.307 e. The van der Waals surface area contributed by atoms with Crippen molar-refractivity contribution in [1.82, 2.24) is 0 Å². The molecule has 0 unspecified atom stereocenters. The highest BCUT2D eigenvalue weighted by Crippen LogP contribution is 2.01. The zero-order valence-corrected chi connectivity index (χ0v) is 19.2. The fourth-order valence-electron chi connectivity index (χ4n) is 1.50. The van der Waals surface area contributed by atoms with Gasteiger partial charge in [0.15, 0.2) is 0 Å². The van der Waals surface area contributed by atoms with Crippen LogP contribution in [0.15, 0.2) is 73.2 Å². The van der Waals surface area contributed by atoms with E-state index in [1.807, 2.05) is 108 Å². The van der Waals surface area contributed by atoms with Gasteiger partial charge in [0, 0.05) is 6.92 Å². The molecule has 0 atom stereocenters. The zero-order valence-electron chi connectivity index (χ0n) is 19.2. The molecule has 0 saturated carbocycles. The molecule has 0 N–H and O–H groups in total. The quantitative estimate of drug-likeness (QED) is 0.224. The SMILES string of the molecule is CC.CC.CC.CC(=O)OC=Cc1ccccc1.COO/C=C\c1ccccc1. The van der Waals surface area contributed by atoms with Crippen molar-refractivity contribution in [2.45, 2.75) is 48.5 Å². The Bertz CT molecular complexity index is 605. The second-order valence-corrected chi connectivity index (χ2v) is 4.30. The molecular formula is C25H38O4. The molecule has 0 spiro atoms. The monoisotopic (exact) mass is 402 g/mol. The van der Waals surface area contributed by atoms with E-state index in [4.69, 9.17) is 0 Å². The molecule has 0 fully saturated rings. The van der Waals surface area contributed by atoms with Gasteiger partial charge in [0.05, 0.1) is 13.4 Å². The van der Waals surface area contributed by atoms with Gasteiger partial charge in [-0.2, -0.15) is 4.89 Å². The molecule has 162 valence electrons. The van der Waals surface area contributed by atoms with E-state index >= 15 is 0 Å². The second-order valence-electron chi connectivity index (χ2n) is 4.30. The number of carbonyl (C=O) groups is 1. The summed E-state index contributed by atoms with van der Waals surface area (Å²) in [6, 6.07) is 19.5. The first-order valence-corrected chi connectivity index (χ1v) is 10.0. The van der Waals surface area contributed by atoms with Crippen molar-refractivity contribution in [2.24, 2.45) is 0 Å². The minimum absolute atomic E-state index is 0.304. The van der Waals surface area contributed by atoms with Gasteiger partial charge in [0.2, 0.25) is 0 Å². The highest BCUT2D eigenvalue weighted by atomic mass is 17.2. The van der Waals surface area contributed by atoms with Crippen molar-refractivity contribution in [1.29, 1.82) is 0 Å². The highest BCUT2D eigenvalue weighted by molar-refractivity contribution is 5.67. The maximum absolute atomic E-state index is 10.4. The van der Waals surface area contributed by atoms with Gasteiger partial charge in [0.1, 0.15) is 6.26 Å². The molecule has 0 saturated heterocycles. The average Bonchev–Trinajstić information content (AvgIpc) is 2.80. The summed E-state index contributed by atoms with van der Waals surface area (Å²) in [5.74, 6) is -0.304. The first-order chi connectivity index (χ1) is 14.2. The van der Waals surface area contributed by atoms with Gasteiger partial charge in [-0.3, -0.25) is 4.79 Å². The van der Waals surface area contributed by atoms with Crippen molar-refractivity contribution >= 4 is 18.1 Å². The lowest BCUT2D eigenvalue weighted by Gasteiger charge is -1.91. The Hall–Kier alpha value is -2.85. The lowest BCUT2D eigenvalue weighted by atomic mass is 10.2. The molecular weight excluding hydrogens is 364 g/mol. The lowest BCUT2D eigenvalue weighted by Crippen LogP contribution is -1.88. The van der Waals surface area contributed by atoms with Crippen molar-refractivity contribution in [3.8, 4) is 0 Å². The van der Waals surface area contributed by atoms with E-state index in [0.717, 1.165) is 11.1 Å². The molecule has 0 aliphatic heterocycles. The molecule has 2 rings (SSSR count). The molecule has 2 aromatic rings. The van der Waals surface area contributed by atoms with Crippen molar-refractivity contribution in [2.75, 3.05) is 7.11 Å². The topological polar surface area (TPSA) is 44.8 Å². The Balaban J connectivity index is -0.000000371. The van der Waals surface area contributed by atoms with Crippen LogP contribution in [-0.2, 0) is 19.3 Å². The highest BCUT2D eigenvalue weighted by Gasteiger charge is 1.85. The largest absolute Gasteiger partial charge is 0.435 e. The molecule has 29 heavy (non-hydrogen) atoms. The van der Waals surface area contributed by atoms with Crippen LogP contribution in [0.1, 0.15) is 59.6 Å². The molecule has 0 aromatic heterocycles. The predicted octanol–water partition coefficient (Wildman–Crippen LogP) is 7.53. The van der Waals surface area contributed by atoms with E-state index in [0.29, 0.717) is 0 Å². The molecule has 4 heteroatoms. The third-order valence-corrected chi connectivity index (χ3v) is 2.51. The lowest BCUT2D eigenvalue weighted by molar-refractivity contribution is -0.221. The number of esters is 1. The van der Waals surface area contributed by atoms with Gasteiger partial charge in [-0.1, -0.05) is 102 Å². The summed E-state index contributed by atoms with van der Waals surface area (Å²) in [6.07, 6.45) is 6.44. The van der Waals surface area contributed by atoms with Crippen LogP contribution in [0.4, 0.5) is 0 Å². The fraction of sp³-hybridized carbons (Fsp3) is 0.320. The zero-order chi connectivity index (χ0) is 22.8. The summed E-state index contributed by atoms with van der Waals surface area (Å²) in [7, 11) is 1.47. The second kappa shape index (κ2) is 27.4.